The Labute approximate surface area is 112 Å². The minimum absolute atomic E-state index is 0.272. The third-order valence-corrected chi connectivity index (χ3v) is 3.31. The van der Waals surface area contributed by atoms with Crippen molar-refractivity contribution in [1.82, 2.24) is 5.32 Å². The summed E-state index contributed by atoms with van der Waals surface area (Å²) in [6.45, 7) is 0. The van der Waals surface area contributed by atoms with Gasteiger partial charge in [-0.05, 0) is 37.0 Å². The highest BCUT2D eigenvalue weighted by molar-refractivity contribution is 6.30. The fourth-order valence-corrected chi connectivity index (χ4v) is 1.90. The van der Waals surface area contributed by atoms with Gasteiger partial charge in [0.15, 0.2) is 5.96 Å². The van der Waals surface area contributed by atoms with Crippen molar-refractivity contribution >= 4 is 17.6 Å². The van der Waals surface area contributed by atoms with Gasteiger partial charge in [-0.2, -0.15) is 0 Å². The van der Waals surface area contributed by atoms with Gasteiger partial charge in [-0.15, -0.1) is 6.42 Å². The average Bonchev–Trinajstić information content (AvgIpc) is 2.32. The van der Waals surface area contributed by atoms with Crippen LogP contribution in [-0.2, 0) is 0 Å². The molecule has 0 spiro atoms. The van der Waals surface area contributed by atoms with Crippen LogP contribution in [-0.4, -0.2) is 12.0 Å². The summed E-state index contributed by atoms with van der Waals surface area (Å²) < 4.78 is 0. The van der Waals surface area contributed by atoms with Crippen molar-refractivity contribution < 1.29 is 0 Å². The van der Waals surface area contributed by atoms with E-state index in [9.17, 15) is 0 Å². The lowest BCUT2D eigenvalue weighted by atomic mass is 9.94. The number of aliphatic imine (C=N–C) groups is 1. The molecule has 0 heterocycles. The second-order valence-corrected chi connectivity index (χ2v) is 4.83. The van der Waals surface area contributed by atoms with E-state index in [1.54, 1.807) is 0 Å². The van der Waals surface area contributed by atoms with Crippen molar-refractivity contribution in [2.24, 2.45) is 10.7 Å². The summed E-state index contributed by atoms with van der Waals surface area (Å²) in [5.41, 5.74) is 6.80. The Hall–Kier alpha value is -1.66. The van der Waals surface area contributed by atoms with Crippen LogP contribution >= 0.6 is 11.6 Å². The number of nitrogens with two attached hydrogens (primary N) is 1. The molecule has 18 heavy (non-hydrogen) atoms. The second-order valence-electron chi connectivity index (χ2n) is 4.39. The zero-order chi connectivity index (χ0) is 13.0. The van der Waals surface area contributed by atoms with Gasteiger partial charge in [0.2, 0.25) is 0 Å². The third-order valence-electron chi connectivity index (χ3n) is 3.06. The Morgan fingerprint density at radius 3 is 2.61 bits per heavy atom. The van der Waals surface area contributed by atoms with E-state index in [4.69, 9.17) is 23.8 Å². The first-order valence-corrected chi connectivity index (χ1v) is 6.38. The molecule has 0 bridgehead atoms. The molecule has 1 aromatic carbocycles. The topological polar surface area (TPSA) is 50.4 Å². The van der Waals surface area contributed by atoms with Crippen LogP contribution in [0.15, 0.2) is 29.3 Å². The number of hydrogen-bond acceptors (Lipinski definition) is 1. The molecule has 1 aromatic rings. The highest BCUT2D eigenvalue weighted by atomic mass is 35.5. The first-order valence-electron chi connectivity index (χ1n) is 6.00. The van der Waals surface area contributed by atoms with Crippen LogP contribution in [0.1, 0.15) is 30.9 Å². The Bertz CT molecular complexity index is 469. The van der Waals surface area contributed by atoms with Crippen LogP contribution in [0.2, 0.25) is 5.02 Å². The summed E-state index contributed by atoms with van der Waals surface area (Å²) in [6.07, 6.45) is 8.98. The molecule has 0 radical (unpaired) electrons. The molecule has 1 aliphatic carbocycles. The molecule has 1 aliphatic rings. The third kappa shape index (κ3) is 3.18. The summed E-state index contributed by atoms with van der Waals surface area (Å²) in [6, 6.07) is 7.48. The second kappa shape index (κ2) is 5.79. The molecule has 94 valence electrons. The van der Waals surface area contributed by atoms with Gasteiger partial charge >= 0.3 is 0 Å². The Balaban J connectivity index is 2.03. The molecule has 2 rings (SSSR count). The van der Waals surface area contributed by atoms with Gasteiger partial charge in [0.25, 0.3) is 0 Å². The molecule has 4 heteroatoms. The predicted octanol–water partition coefficient (Wildman–Crippen LogP) is 2.47. The smallest absolute Gasteiger partial charge is 0.190 e. The maximum Gasteiger partial charge on any atom is 0.190 e. The minimum atomic E-state index is -0.272. The number of benzene rings is 1. The van der Waals surface area contributed by atoms with Gasteiger partial charge in [-0.1, -0.05) is 29.7 Å². The molecule has 0 aliphatic heterocycles. The van der Waals surface area contributed by atoms with Crippen LogP contribution in [0.25, 0.3) is 0 Å². The zero-order valence-corrected chi connectivity index (χ0v) is 10.8. The number of rotatable bonds is 3. The maximum absolute atomic E-state index is 5.85. The SMILES string of the molecule is C#CC(NC(N)=NC1CCC1)c1ccc(Cl)cc1. The number of halogens is 1. The fraction of sp³-hybridized carbons (Fsp3) is 0.357. The molecule has 0 amide bonds. The Kier molecular flexibility index (Phi) is 4.11. The van der Waals surface area contributed by atoms with Crippen molar-refractivity contribution in [2.75, 3.05) is 0 Å². The van der Waals surface area contributed by atoms with Crippen molar-refractivity contribution in [3.8, 4) is 12.3 Å². The first kappa shape index (κ1) is 12.8. The quantitative estimate of drug-likeness (QED) is 0.499. The average molecular weight is 262 g/mol. The lowest BCUT2D eigenvalue weighted by Gasteiger charge is -2.22. The molecule has 0 aromatic heterocycles. The minimum Gasteiger partial charge on any atom is -0.370 e. The van der Waals surface area contributed by atoms with Crippen molar-refractivity contribution in [3.63, 3.8) is 0 Å². The first-order chi connectivity index (χ1) is 8.69. The monoisotopic (exact) mass is 261 g/mol. The standard InChI is InChI=1S/C14H16ClN3/c1-2-13(10-6-8-11(15)9-7-10)18-14(16)17-12-4-3-5-12/h1,6-9,12-13H,3-5H2,(H3,16,17,18). The summed E-state index contributed by atoms with van der Waals surface area (Å²) in [4.78, 5) is 4.37. The molecular weight excluding hydrogens is 246 g/mol. The maximum atomic E-state index is 5.85. The zero-order valence-electron chi connectivity index (χ0n) is 10.1. The van der Waals surface area contributed by atoms with E-state index in [2.05, 4.69) is 16.2 Å². The largest absolute Gasteiger partial charge is 0.370 e. The van der Waals surface area contributed by atoms with Gasteiger partial charge < -0.3 is 11.1 Å². The van der Waals surface area contributed by atoms with Gasteiger partial charge in [-0.25, -0.2) is 0 Å². The van der Waals surface area contributed by atoms with E-state index < -0.39 is 0 Å². The number of nitrogens with one attached hydrogen (secondary N) is 1. The van der Waals surface area contributed by atoms with E-state index in [1.165, 1.54) is 6.42 Å². The summed E-state index contributed by atoms with van der Waals surface area (Å²) in [7, 11) is 0. The van der Waals surface area contributed by atoms with Gasteiger partial charge in [-0.3, -0.25) is 4.99 Å². The number of nitrogens with zero attached hydrogens (tertiary/aromatic N) is 1. The van der Waals surface area contributed by atoms with E-state index >= 15 is 0 Å². The molecular formula is C14H16ClN3. The highest BCUT2D eigenvalue weighted by Gasteiger charge is 2.17. The summed E-state index contributed by atoms with van der Waals surface area (Å²) in [5, 5.41) is 3.74. The lowest BCUT2D eigenvalue weighted by molar-refractivity contribution is 0.418. The lowest BCUT2D eigenvalue weighted by Crippen LogP contribution is -2.36. The summed E-state index contributed by atoms with van der Waals surface area (Å²) >= 11 is 5.84. The number of terminal acetylenes is 1. The van der Waals surface area contributed by atoms with Crippen molar-refractivity contribution in [3.05, 3.63) is 34.9 Å². The highest BCUT2D eigenvalue weighted by Crippen LogP contribution is 2.22. The summed E-state index contributed by atoms with van der Waals surface area (Å²) in [5.74, 6) is 3.08. The van der Waals surface area contributed by atoms with Gasteiger partial charge in [0.05, 0.1) is 6.04 Å². The van der Waals surface area contributed by atoms with Crippen LogP contribution < -0.4 is 11.1 Å². The van der Waals surface area contributed by atoms with E-state index in [0.29, 0.717) is 17.0 Å². The molecule has 1 saturated carbocycles. The van der Waals surface area contributed by atoms with Crippen LogP contribution in [0.4, 0.5) is 0 Å². The van der Waals surface area contributed by atoms with Crippen molar-refractivity contribution in [1.29, 1.82) is 0 Å². The van der Waals surface area contributed by atoms with E-state index in [0.717, 1.165) is 18.4 Å². The molecule has 1 fully saturated rings. The van der Waals surface area contributed by atoms with Gasteiger partial charge in [0, 0.05) is 5.02 Å². The van der Waals surface area contributed by atoms with Crippen LogP contribution in [0.3, 0.4) is 0 Å². The number of guanidine groups is 1. The normalized spacial score (nSPS) is 17.7. The fourth-order valence-electron chi connectivity index (χ4n) is 1.77. The predicted molar refractivity (Wildman–Crippen MR) is 75.4 cm³/mol. The molecule has 1 unspecified atom stereocenters. The molecule has 0 saturated heterocycles. The van der Waals surface area contributed by atoms with Gasteiger partial charge in [0.1, 0.15) is 6.04 Å². The molecule has 1 atom stereocenters. The van der Waals surface area contributed by atoms with Crippen LogP contribution in [0.5, 0.6) is 0 Å². The van der Waals surface area contributed by atoms with Crippen LogP contribution in [0, 0.1) is 12.3 Å². The van der Waals surface area contributed by atoms with Crippen molar-refractivity contribution in [2.45, 2.75) is 31.3 Å². The molecule has 3 nitrogen and oxygen atoms in total. The van der Waals surface area contributed by atoms with E-state index in [-0.39, 0.29) is 6.04 Å². The Morgan fingerprint density at radius 2 is 2.11 bits per heavy atom. The number of hydrogen-bond donors (Lipinski definition) is 2. The van der Waals surface area contributed by atoms with E-state index in [1.807, 2.05) is 24.3 Å². The Morgan fingerprint density at radius 1 is 1.44 bits per heavy atom. The molecule has 3 N–H and O–H groups in total.